The van der Waals surface area contributed by atoms with Crippen LogP contribution in [0.15, 0.2) is 77.0 Å². The molecule has 3 aromatic carbocycles. The van der Waals surface area contributed by atoms with Gasteiger partial charge in [0.2, 0.25) is 5.16 Å². The zero-order valence-corrected chi connectivity index (χ0v) is 27.4. The summed E-state index contributed by atoms with van der Waals surface area (Å²) in [7, 11) is 0. The molecule has 0 saturated carbocycles. The highest BCUT2D eigenvalue weighted by Crippen LogP contribution is 2.63. The van der Waals surface area contributed by atoms with E-state index in [4.69, 9.17) is 51.3 Å². The SMILES string of the molecule is CCOP(=S)(OCC)Oc1ccc2ccccc2c1/C=N/n1c(SP(=S)(OCC)OCC)nnc1-c1ccccc1. The molecule has 0 N–H and O–H groups in total. The molecule has 9 nitrogen and oxygen atoms in total. The fourth-order valence-corrected chi connectivity index (χ4v) is 10.3. The average molecular weight is 651 g/mol. The average Bonchev–Trinajstić information content (AvgIpc) is 3.34. The van der Waals surface area contributed by atoms with Gasteiger partial charge in [-0.15, -0.1) is 10.2 Å². The van der Waals surface area contributed by atoms with E-state index in [1.165, 1.54) is 11.4 Å². The Morgan fingerprint density at radius 2 is 1.44 bits per heavy atom. The molecule has 0 aliphatic carbocycles. The van der Waals surface area contributed by atoms with Crippen molar-refractivity contribution >= 4 is 64.4 Å². The molecule has 1 heterocycles. The summed E-state index contributed by atoms with van der Waals surface area (Å²) < 4.78 is 31.2. The molecule has 0 spiro atoms. The van der Waals surface area contributed by atoms with E-state index >= 15 is 0 Å². The van der Waals surface area contributed by atoms with Gasteiger partial charge >= 0.3 is 6.72 Å². The van der Waals surface area contributed by atoms with E-state index in [0.29, 0.717) is 48.7 Å². The van der Waals surface area contributed by atoms with Crippen LogP contribution in [-0.4, -0.2) is 47.5 Å². The normalized spacial score (nSPS) is 12.4. The largest absolute Gasteiger partial charge is 0.423 e. The van der Waals surface area contributed by atoms with E-state index in [0.717, 1.165) is 16.3 Å². The monoisotopic (exact) mass is 650 g/mol. The summed E-state index contributed by atoms with van der Waals surface area (Å²) in [4.78, 5) is 0. The molecule has 0 aliphatic heterocycles. The first-order valence-corrected chi connectivity index (χ1v) is 19.7. The molecule has 0 atom stereocenters. The fourth-order valence-electron chi connectivity index (χ4n) is 3.83. The number of hydrogen-bond donors (Lipinski definition) is 0. The quantitative estimate of drug-likeness (QED) is 0.0930. The Bertz CT molecular complexity index is 1570. The molecule has 0 unspecified atom stereocenters. The zero-order valence-electron chi connectivity index (χ0n) is 23.2. The van der Waals surface area contributed by atoms with Crippen LogP contribution in [0.1, 0.15) is 33.3 Å². The van der Waals surface area contributed by atoms with Crippen LogP contribution >= 0.6 is 23.8 Å². The molecule has 0 fully saturated rings. The summed E-state index contributed by atoms with van der Waals surface area (Å²) in [5.74, 6) is 1.03. The van der Waals surface area contributed by atoms with Crippen LogP contribution < -0.4 is 4.52 Å². The topological polar surface area (TPSA) is 89.2 Å². The van der Waals surface area contributed by atoms with Crippen molar-refractivity contribution in [1.82, 2.24) is 14.9 Å². The van der Waals surface area contributed by atoms with E-state index < -0.39 is 12.4 Å². The number of aromatic nitrogens is 3. The van der Waals surface area contributed by atoms with Gasteiger partial charge in [0, 0.05) is 34.3 Å². The lowest BCUT2D eigenvalue weighted by Gasteiger charge is -2.22. The van der Waals surface area contributed by atoms with Crippen molar-refractivity contribution in [3.8, 4) is 17.1 Å². The standard InChI is InChI=1S/C27H32N4O5P2S3/c1-5-32-37(39,33-6-2)36-25-19-18-21-14-12-13-17-23(21)24(25)20-28-31-26(22-15-10-9-11-16-22)29-30-27(31)41-38(40,34-7-3)35-8-4/h9-20H,5-8H2,1-4H3/b28-20+. The summed E-state index contributed by atoms with van der Waals surface area (Å²) in [5.41, 5.74) is -1.21. The summed E-state index contributed by atoms with van der Waals surface area (Å²) in [6.07, 6.45) is 1.71. The van der Waals surface area contributed by atoms with Gasteiger partial charge in [0.05, 0.1) is 32.6 Å². The first kappa shape index (κ1) is 31.9. The van der Waals surface area contributed by atoms with E-state index in [9.17, 15) is 0 Å². The van der Waals surface area contributed by atoms with Crippen LogP contribution in [0.5, 0.6) is 5.75 Å². The summed E-state index contributed by atoms with van der Waals surface area (Å²) in [5, 5.41) is 16.1. The van der Waals surface area contributed by atoms with Gasteiger partial charge in [0.15, 0.2) is 5.82 Å². The van der Waals surface area contributed by atoms with Crippen molar-refractivity contribution in [3.05, 3.63) is 72.3 Å². The predicted octanol–water partition coefficient (Wildman–Crippen LogP) is 8.05. The van der Waals surface area contributed by atoms with Crippen molar-refractivity contribution in [2.24, 2.45) is 5.10 Å². The van der Waals surface area contributed by atoms with Gasteiger partial charge in [-0.05, 0) is 56.3 Å². The number of nitrogens with zero attached hydrogens (tertiary/aromatic N) is 4. The Morgan fingerprint density at radius 3 is 2.10 bits per heavy atom. The highest BCUT2D eigenvalue weighted by molar-refractivity contribution is 8.67. The second kappa shape index (κ2) is 15.0. The minimum Gasteiger partial charge on any atom is -0.423 e. The van der Waals surface area contributed by atoms with Crippen LogP contribution in [0.2, 0.25) is 0 Å². The van der Waals surface area contributed by atoms with Crippen molar-refractivity contribution < 1.29 is 22.6 Å². The lowest BCUT2D eigenvalue weighted by atomic mass is 10.0. The van der Waals surface area contributed by atoms with Crippen molar-refractivity contribution in [2.75, 3.05) is 26.4 Å². The summed E-state index contributed by atoms with van der Waals surface area (Å²) >= 11 is 12.7. The zero-order chi connectivity index (χ0) is 29.3. The minimum absolute atomic E-state index is 0.363. The first-order valence-electron chi connectivity index (χ1n) is 13.1. The molecule has 218 valence electrons. The van der Waals surface area contributed by atoms with Gasteiger partial charge < -0.3 is 13.6 Å². The molecule has 0 radical (unpaired) electrons. The smallest absolute Gasteiger partial charge is 0.380 e. The van der Waals surface area contributed by atoms with Crippen LogP contribution in [0.4, 0.5) is 0 Å². The van der Waals surface area contributed by atoms with Gasteiger partial charge in [-0.25, -0.2) is 0 Å². The van der Waals surface area contributed by atoms with Gasteiger partial charge in [0.25, 0.3) is 5.69 Å². The van der Waals surface area contributed by atoms with Crippen molar-refractivity contribution in [3.63, 3.8) is 0 Å². The molecule has 14 heteroatoms. The van der Waals surface area contributed by atoms with Crippen LogP contribution in [0.3, 0.4) is 0 Å². The molecular formula is C27H32N4O5P2S3. The molecule has 1 aromatic heterocycles. The number of rotatable bonds is 15. The highest BCUT2D eigenvalue weighted by Gasteiger charge is 2.27. The second-order valence-corrected chi connectivity index (χ2v) is 17.2. The molecule has 4 rings (SSSR count). The van der Waals surface area contributed by atoms with Gasteiger partial charge in [-0.3, -0.25) is 9.05 Å². The molecule has 0 bridgehead atoms. The maximum absolute atomic E-state index is 6.27. The Kier molecular flexibility index (Phi) is 11.7. The number of fused-ring (bicyclic) bond motifs is 1. The molecule has 4 aromatic rings. The maximum Gasteiger partial charge on any atom is 0.380 e. The highest BCUT2D eigenvalue weighted by atomic mass is 32.9. The van der Waals surface area contributed by atoms with Gasteiger partial charge in [0.1, 0.15) is 5.75 Å². The van der Waals surface area contributed by atoms with Gasteiger partial charge in [-0.1, -0.05) is 60.7 Å². The number of benzene rings is 3. The summed E-state index contributed by atoms with van der Waals surface area (Å²) in [6, 6.07) is 21.5. The fraction of sp³-hybridized carbons (Fsp3) is 0.296. The van der Waals surface area contributed by atoms with Crippen LogP contribution in [0, 0.1) is 0 Å². The van der Waals surface area contributed by atoms with Crippen LogP contribution in [-0.2, 0) is 41.7 Å². The lowest BCUT2D eigenvalue weighted by Crippen LogP contribution is -2.04. The maximum atomic E-state index is 6.27. The molecule has 41 heavy (non-hydrogen) atoms. The van der Waals surface area contributed by atoms with E-state index in [1.54, 1.807) is 10.9 Å². The second-order valence-electron chi connectivity index (χ2n) is 8.18. The minimum atomic E-state index is -3.05. The van der Waals surface area contributed by atoms with Crippen molar-refractivity contribution in [2.45, 2.75) is 32.9 Å². The van der Waals surface area contributed by atoms with Crippen molar-refractivity contribution in [1.29, 1.82) is 0 Å². The first-order chi connectivity index (χ1) is 19.8. The van der Waals surface area contributed by atoms with E-state index in [2.05, 4.69) is 10.2 Å². The lowest BCUT2D eigenvalue weighted by molar-refractivity contribution is 0.218. The Hall–Kier alpha value is -1.98. The third kappa shape index (κ3) is 8.10. The Labute approximate surface area is 254 Å². The van der Waals surface area contributed by atoms with E-state index in [1.807, 2.05) is 94.4 Å². The molecule has 0 amide bonds. The Morgan fingerprint density at radius 1 is 0.805 bits per heavy atom. The third-order valence-corrected chi connectivity index (χ3v) is 12.7. The third-order valence-electron chi connectivity index (χ3n) is 5.43. The molecular weight excluding hydrogens is 618 g/mol. The van der Waals surface area contributed by atoms with Gasteiger partial charge in [-0.2, -0.15) is 9.78 Å². The summed E-state index contributed by atoms with van der Waals surface area (Å²) in [6.45, 7) is 5.98. The number of hydrogen-bond acceptors (Lipinski definition) is 11. The molecule has 0 saturated heterocycles. The van der Waals surface area contributed by atoms with Crippen LogP contribution in [0.25, 0.3) is 22.2 Å². The van der Waals surface area contributed by atoms with E-state index in [-0.39, 0.29) is 0 Å². The molecule has 0 aliphatic rings. The Balaban J connectivity index is 1.86. The predicted molar refractivity (Wildman–Crippen MR) is 174 cm³/mol.